The van der Waals surface area contributed by atoms with Crippen molar-refractivity contribution in [3.63, 3.8) is 0 Å². The number of aliphatic hydroxyl groups excluding tert-OH is 1. The molecule has 18 heavy (non-hydrogen) atoms. The van der Waals surface area contributed by atoms with E-state index in [1.165, 1.54) is 0 Å². The van der Waals surface area contributed by atoms with Gasteiger partial charge in [0, 0.05) is 25.8 Å². The van der Waals surface area contributed by atoms with Gasteiger partial charge in [0.05, 0.1) is 6.10 Å². The summed E-state index contributed by atoms with van der Waals surface area (Å²) in [5, 5.41) is 13.6. The van der Waals surface area contributed by atoms with Gasteiger partial charge in [-0.2, -0.15) is 5.10 Å². The summed E-state index contributed by atoms with van der Waals surface area (Å²) in [4.78, 5) is 14.4. The third-order valence-electron chi connectivity index (χ3n) is 3.54. The van der Waals surface area contributed by atoms with Gasteiger partial charge in [-0.05, 0) is 38.7 Å². The van der Waals surface area contributed by atoms with Crippen LogP contribution in [0.2, 0.25) is 0 Å². The molecule has 1 amide bonds. The molecule has 1 N–H and O–H groups in total. The van der Waals surface area contributed by atoms with Gasteiger partial charge in [-0.15, -0.1) is 0 Å². The zero-order valence-corrected chi connectivity index (χ0v) is 11.0. The predicted molar refractivity (Wildman–Crippen MR) is 68.2 cm³/mol. The van der Waals surface area contributed by atoms with Gasteiger partial charge in [0.25, 0.3) is 5.91 Å². The number of carbonyl (C=O) groups excluding carboxylic acids is 1. The molecule has 0 radical (unpaired) electrons. The molecule has 1 fully saturated rings. The number of aryl methyl sites for hydroxylation is 1. The second-order valence-corrected chi connectivity index (χ2v) is 5.07. The molecule has 100 valence electrons. The molecule has 0 saturated carbocycles. The topological polar surface area (TPSA) is 58.4 Å². The molecular formula is C13H21N3O2. The standard InChI is InChI=1S/C13H21N3O2/c1-10(17)9-11-5-3-4-8-16(11)13(18)12-6-7-14-15(12)2/h6-7,10-11,17H,3-5,8-9H2,1-2H3. The van der Waals surface area contributed by atoms with Crippen LogP contribution in [0.4, 0.5) is 0 Å². The monoisotopic (exact) mass is 251 g/mol. The smallest absolute Gasteiger partial charge is 0.272 e. The summed E-state index contributed by atoms with van der Waals surface area (Å²) >= 11 is 0. The zero-order valence-electron chi connectivity index (χ0n) is 11.0. The van der Waals surface area contributed by atoms with Crippen LogP contribution in [-0.4, -0.2) is 44.4 Å². The van der Waals surface area contributed by atoms with Gasteiger partial charge in [-0.3, -0.25) is 9.48 Å². The minimum atomic E-state index is -0.366. The van der Waals surface area contributed by atoms with Crippen molar-refractivity contribution in [3.05, 3.63) is 18.0 Å². The molecule has 0 bridgehead atoms. The fourth-order valence-corrected chi connectivity index (χ4v) is 2.64. The Labute approximate surface area is 107 Å². The van der Waals surface area contributed by atoms with Crippen molar-refractivity contribution in [1.82, 2.24) is 14.7 Å². The van der Waals surface area contributed by atoms with E-state index in [1.54, 1.807) is 30.9 Å². The lowest BCUT2D eigenvalue weighted by atomic mass is 9.97. The Hall–Kier alpha value is -1.36. The lowest BCUT2D eigenvalue weighted by Gasteiger charge is -2.36. The quantitative estimate of drug-likeness (QED) is 0.877. The van der Waals surface area contributed by atoms with E-state index in [0.29, 0.717) is 12.1 Å². The molecule has 5 nitrogen and oxygen atoms in total. The number of carbonyl (C=O) groups is 1. The van der Waals surface area contributed by atoms with Crippen molar-refractivity contribution >= 4 is 5.91 Å². The van der Waals surface area contributed by atoms with Crippen molar-refractivity contribution in [3.8, 4) is 0 Å². The highest BCUT2D eigenvalue weighted by Crippen LogP contribution is 2.22. The summed E-state index contributed by atoms with van der Waals surface area (Å²) in [6.07, 6.45) is 5.08. The summed E-state index contributed by atoms with van der Waals surface area (Å²) < 4.78 is 1.61. The van der Waals surface area contributed by atoms with E-state index in [0.717, 1.165) is 25.8 Å². The maximum Gasteiger partial charge on any atom is 0.272 e. The largest absolute Gasteiger partial charge is 0.393 e. The molecule has 1 saturated heterocycles. The Morgan fingerprint density at radius 1 is 1.61 bits per heavy atom. The number of piperidine rings is 1. The Kier molecular flexibility index (Phi) is 4.01. The molecule has 1 aromatic heterocycles. The molecule has 0 spiro atoms. The van der Waals surface area contributed by atoms with Gasteiger partial charge < -0.3 is 10.0 Å². The number of rotatable bonds is 3. The first-order chi connectivity index (χ1) is 8.59. The number of aromatic nitrogens is 2. The summed E-state index contributed by atoms with van der Waals surface area (Å²) in [6.45, 7) is 2.56. The van der Waals surface area contributed by atoms with E-state index in [-0.39, 0.29) is 18.1 Å². The van der Waals surface area contributed by atoms with Crippen LogP contribution in [0, 0.1) is 0 Å². The van der Waals surface area contributed by atoms with Gasteiger partial charge in [-0.25, -0.2) is 0 Å². The molecule has 1 aliphatic heterocycles. The number of hydrogen-bond acceptors (Lipinski definition) is 3. The van der Waals surface area contributed by atoms with Crippen molar-refractivity contribution in [1.29, 1.82) is 0 Å². The summed E-state index contributed by atoms with van der Waals surface area (Å²) in [5.74, 6) is 0.0281. The van der Waals surface area contributed by atoms with Crippen LogP contribution in [-0.2, 0) is 7.05 Å². The van der Waals surface area contributed by atoms with Gasteiger partial charge >= 0.3 is 0 Å². The zero-order chi connectivity index (χ0) is 13.1. The van der Waals surface area contributed by atoms with Crippen LogP contribution in [0.3, 0.4) is 0 Å². The first-order valence-electron chi connectivity index (χ1n) is 6.56. The predicted octanol–water partition coefficient (Wildman–Crippen LogP) is 1.19. The molecule has 0 aromatic carbocycles. The summed E-state index contributed by atoms with van der Waals surface area (Å²) in [5.41, 5.74) is 0.618. The van der Waals surface area contributed by atoms with Crippen molar-refractivity contribution < 1.29 is 9.90 Å². The van der Waals surface area contributed by atoms with E-state index >= 15 is 0 Å². The number of amides is 1. The SMILES string of the molecule is CC(O)CC1CCCCN1C(=O)c1ccnn1C. The van der Waals surface area contributed by atoms with Crippen LogP contribution >= 0.6 is 0 Å². The summed E-state index contributed by atoms with van der Waals surface area (Å²) in [7, 11) is 1.78. The average Bonchev–Trinajstić information content (AvgIpc) is 2.74. The van der Waals surface area contributed by atoms with E-state index in [4.69, 9.17) is 0 Å². The van der Waals surface area contributed by atoms with Gasteiger partial charge in [0.15, 0.2) is 0 Å². The minimum absolute atomic E-state index is 0.0281. The lowest BCUT2D eigenvalue weighted by Crippen LogP contribution is -2.45. The molecule has 2 unspecified atom stereocenters. The molecule has 2 rings (SSSR count). The normalized spacial score (nSPS) is 21.9. The maximum atomic E-state index is 12.5. The molecule has 2 atom stereocenters. The fraction of sp³-hybridized carbons (Fsp3) is 0.692. The molecule has 5 heteroatoms. The fourth-order valence-electron chi connectivity index (χ4n) is 2.64. The number of likely N-dealkylation sites (tertiary alicyclic amines) is 1. The number of aliphatic hydroxyl groups is 1. The van der Waals surface area contributed by atoms with E-state index in [1.807, 2.05) is 4.90 Å². The number of nitrogens with zero attached hydrogens (tertiary/aromatic N) is 3. The van der Waals surface area contributed by atoms with Crippen molar-refractivity contribution in [2.24, 2.45) is 7.05 Å². The second kappa shape index (κ2) is 5.52. The highest BCUT2D eigenvalue weighted by atomic mass is 16.3. The van der Waals surface area contributed by atoms with Crippen LogP contribution < -0.4 is 0 Å². The second-order valence-electron chi connectivity index (χ2n) is 5.07. The Bertz CT molecular complexity index is 414. The van der Waals surface area contributed by atoms with Crippen LogP contribution in [0.25, 0.3) is 0 Å². The van der Waals surface area contributed by atoms with Crippen molar-refractivity contribution in [2.75, 3.05) is 6.54 Å². The van der Waals surface area contributed by atoms with Crippen LogP contribution in [0.1, 0.15) is 43.1 Å². The third-order valence-corrected chi connectivity index (χ3v) is 3.54. The lowest BCUT2D eigenvalue weighted by molar-refractivity contribution is 0.0504. The Balaban J connectivity index is 2.13. The first kappa shape index (κ1) is 13.1. The third kappa shape index (κ3) is 2.72. The molecule has 2 heterocycles. The highest BCUT2D eigenvalue weighted by molar-refractivity contribution is 5.92. The highest BCUT2D eigenvalue weighted by Gasteiger charge is 2.29. The van der Waals surface area contributed by atoms with Gasteiger partial charge in [0.2, 0.25) is 0 Å². The van der Waals surface area contributed by atoms with Gasteiger partial charge in [0.1, 0.15) is 5.69 Å². The van der Waals surface area contributed by atoms with Crippen LogP contribution in [0.15, 0.2) is 12.3 Å². The maximum absolute atomic E-state index is 12.5. The van der Waals surface area contributed by atoms with Crippen molar-refractivity contribution in [2.45, 2.75) is 44.8 Å². The average molecular weight is 251 g/mol. The Morgan fingerprint density at radius 2 is 2.39 bits per heavy atom. The molecule has 0 aliphatic carbocycles. The molecule has 1 aliphatic rings. The minimum Gasteiger partial charge on any atom is -0.393 e. The molecular weight excluding hydrogens is 230 g/mol. The van der Waals surface area contributed by atoms with Crippen LogP contribution in [0.5, 0.6) is 0 Å². The Morgan fingerprint density at radius 3 is 3.00 bits per heavy atom. The molecule has 1 aromatic rings. The number of hydrogen-bond donors (Lipinski definition) is 1. The van der Waals surface area contributed by atoms with E-state index in [2.05, 4.69) is 5.10 Å². The first-order valence-corrected chi connectivity index (χ1v) is 6.56. The van der Waals surface area contributed by atoms with E-state index < -0.39 is 0 Å². The van der Waals surface area contributed by atoms with Gasteiger partial charge in [-0.1, -0.05) is 0 Å². The van der Waals surface area contributed by atoms with E-state index in [9.17, 15) is 9.90 Å². The summed E-state index contributed by atoms with van der Waals surface area (Å²) in [6, 6.07) is 1.90.